The number of hydrogen-bond acceptors (Lipinski definition) is 4. The lowest BCUT2D eigenvalue weighted by atomic mass is 10.0. The van der Waals surface area contributed by atoms with Gasteiger partial charge in [0.2, 0.25) is 0 Å². The smallest absolute Gasteiger partial charge is 0.339 e. The summed E-state index contributed by atoms with van der Waals surface area (Å²) >= 11 is 0. The summed E-state index contributed by atoms with van der Waals surface area (Å²) in [6.45, 7) is 0. The summed E-state index contributed by atoms with van der Waals surface area (Å²) in [5.41, 5.74) is -1.58. The molecule has 0 saturated carbocycles. The van der Waals surface area contributed by atoms with Crippen molar-refractivity contribution in [3.63, 3.8) is 0 Å². The molecule has 6 heteroatoms. The Balaban J connectivity index is 3.53. The van der Waals surface area contributed by atoms with Gasteiger partial charge in [-0.3, -0.25) is 0 Å². The highest BCUT2D eigenvalue weighted by molar-refractivity contribution is 5.94. The average molecular weight is 227 g/mol. The number of carbonyl (C=O) groups excluding carboxylic acids is 1. The number of esters is 1. The summed E-state index contributed by atoms with van der Waals surface area (Å²) < 4.78 is 29.5. The monoisotopic (exact) mass is 227 g/mol. The van der Waals surface area contributed by atoms with Gasteiger partial charge in [-0.2, -0.15) is 5.26 Å². The van der Waals surface area contributed by atoms with Gasteiger partial charge in [-0.25, -0.2) is 13.6 Å². The van der Waals surface area contributed by atoms with E-state index in [1.54, 1.807) is 6.07 Å². The first kappa shape index (κ1) is 11.9. The second-order valence-electron chi connectivity index (χ2n) is 2.86. The van der Waals surface area contributed by atoms with Crippen LogP contribution in [0, 0.1) is 11.3 Å². The Labute approximate surface area is 89.7 Å². The van der Waals surface area contributed by atoms with E-state index in [1.165, 1.54) is 0 Å². The Morgan fingerprint density at radius 1 is 1.56 bits per heavy atom. The van der Waals surface area contributed by atoms with Gasteiger partial charge < -0.3 is 9.84 Å². The molecule has 1 aromatic carbocycles. The highest BCUT2D eigenvalue weighted by Crippen LogP contribution is 2.29. The van der Waals surface area contributed by atoms with E-state index in [4.69, 9.17) is 10.4 Å². The van der Waals surface area contributed by atoms with Crippen LogP contribution in [-0.2, 0) is 4.74 Å². The molecular formula is C10H7F2NO3. The Morgan fingerprint density at radius 2 is 2.19 bits per heavy atom. The van der Waals surface area contributed by atoms with Crippen molar-refractivity contribution in [1.82, 2.24) is 0 Å². The number of ether oxygens (including phenoxy) is 1. The van der Waals surface area contributed by atoms with Gasteiger partial charge in [-0.1, -0.05) is 0 Å². The van der Waals surface area contributed by atoms with Crippen LogP contribution >= 0.6 is 0 Å². The molecule has 0 atom stereocenters. The van der Waals surface area contributed by atoms with E-state index in [1.807, 2.05) is 0 Å². The van der Waals surface area contributed by atoms with Crippen LogP contribution in [0.5, 0.6) is 5.75 Å². The van der Waals surface area contributed by atoms with Crippen molar-refractivity contribution in [1.29, 1.82) is 5.26 Å². The number of alkyl halides is 2. The van der Waals surface area contributed by atoms with Gasteiger partial charge >= 0.3 is 5.97 Å². The van der Waals surface area contributed by atoms with Crippen LogP contribution in [0.2, 0.25) is 0 Å². The molecule has 1 rings (SSSR count). The minimum atomic E-state index is -2.98. The lowest BCUT2D eigenvalue weighted by molar-refractivity contribution is 0.0589. The van der Waals surface area contributed by atoms with Crippen LogP contribution in [-0.4, -0.2) is 18.2 Å². The van der Waals surface area contributed by atoms with Crippen LogP contribution < -0.4 is 0 Å². The van der Waals surface area contributed by atoms with Crippen molar-refractivity contribution in [3.05, 3.63) is 28.8 Å². The molecule has 0 aromatic heterocycles. The Bertz CT molecular complexity index is 466. The van der Waals surface area contributed by atoms with Crippen molar-refractivity contribution >= 4 is 5.97 Å². The molecule has 0 aliphatic heterocycles. The van der Waals surface area contributed by atoms with Gasteiger partial charge in [0, 0.05) is 5.56 Å². The quantitative estimate of drug-likeness (QED) is 0.784. The van der Waals surface area contributed by atoms with Gasteiger partial charge in [0.15, 0.2) is 0 Å². The summed E-state index contributed by atoms with van der Waals surface area (Å²) in [5.74, 6) is -1.54. The number of nitrogens with zero attached hydrogens (tertiary/aromatic N) is 1. The average Bonchev–Trinajstić information content (AvgIpc) is 2.26. The first-order chi connectivity index (χ1) is 7.51. The Kier molecular flexibility index (Phi) is 3.40. The van der Waals surface area contributed by atoms with E-state index in [0.29, 0.717) is 0 Å². The third-order valence-electron chi connectivity index (χ3n) is 1.90. The highest BCUT2D eigenvalue weighted by Gasteiger charge is 2.23. The molecular weight excluding hydrogens is 220 g/mol. The third kappa shape index (κ3) is 2.08. The van der Waals surface area contributed by atoms with E-state index in [-0.39, 0.29) is 5.56 Å². The van der Waals surface area contributed by atoms with Crippen molar-refractivity contribution in [2.24, 2.45) is 0 Å². The molecule has 1 aromatic rings. The summed E-state index contributed by atoms with van der Waals surface area (Å²) in [7, 11) is 1.02. The zero-order chi connectivity index (χ0) is 12.3. The summed E-state index contributed by atoms with van der Waals surface area (Å²) in [5, 5.41) is 17.8. The number of rotatable bonds is 2. The van der Waals surface area contributed by atoms with Gasteiger partial charge in [-0.05, 0) is 12.1 Å². The topological polar surface area (TPSA) is 70.3 Å². The number of phenols is 1. The van der Waals surface area contributed by atoms with Gasteiger partial charge in [0.1, 0.15) is 11.8 Å². The summed E-state index contributed by atoms with van der Waals surface area (Å²) in [6, 6.07) is 3.22. The molecule has 0 amide bonds. The molecule has 16 heavy (non-hydrogen) atoms. The largest absolute Gasteiger partial charge is 0.508 e. The minimum Gasteiger partial charge on any atom is -0.508 e. The number of carbonyl (C=O) groups is 1. The van der Waals surface area contributed by atoms with E-state index in [0.717, 1.165) is 19.2 Å². The summed E-state index contributed by atoms with van der Waals surface area (Å²) in [6.07, 6.45) is -2.98. The van der Waals surface area contributed by atoms with Crippen molar-refractivity contribution < 1.29 is 23.4 Å². The normalized spacial score (nSPS) is 9.94. The van der Waals surface area contributed by atoms with Gasteiger partial charge in [-0.15, -0.1) is 0 Å². The molecule has 0 spiro atoms. The van der Waals surface area contributed by atoms with Gasteiger partial charge in [0.25, 0.3) is 6.43 Å². The van der Waals surface area contributed by atoms with Crippen LogP contribution in [0.3, 0.4) is 0 Å². The molecule has 0 bridgehead atoms. The van der Waals surface area contributed by atoms with Crippen molar-refractivity contribution in [2.45, 2.75) is 6.43 Å². The predicted molar refractivity (Wildman–Crippen MR) is 49.1 cm³/mol. The molecule has 4 nitrogen and oxygen atoms in total. The Hall–Kier alpha value is -2.16. The van der Waals surface area contributed by atoms with E-state index in [2.05, 4.69) is 4.74 Å². The number of phenolic OH excluding ortho intramolecular Hbond substituents is 1. The maximum atomic E-state index is 12.6. The first-order valence-electron chi connectivity index (χ1n) is 4.14. The number of nitriles is 1. The molecule has 1 N–H and O–H groups in total. The summed E-state index contributed by atoms with van der Waals surface area (Å²) in [4.78, 5) is 11.2. The van der Waals surface area contributed by atoms with E-state index >= 15 is 0 Å². The number of aromatic hydroxyl groups is 1. The van der Waals surface area contributed by atoms with Crippen LogP contribution in [0.15, 0.2) is 12.1 Å². The zero-order valence-corrected chi connectivity index (χ0v) is 8.20. The van der Waals surface area contributed by atoms with Crippen molar-refractivity contribution in [3.8, 4) is 11.8 Å². The molecule has 84 valence electrons. The highest BCUT2D eigenvalue weighted by atomic mass is 19.3. The fraction of sp³-hybridized carbons (Fsp3) is 0.200. The fourth-order valence-electron chi connectivity index (χ4n) is 1.24. The molecule has 0 heterocycles. The third-order valence-corrected chi connectivity index (χ3v) is 1.90. The van der Waals surface area contributed by atoms with Crippen LogP contribution in [0.25, 0.3) is 0 Å². The van der Waals surface area contributed by atoms with Gasteiger partial charge in [0.05, 0.1) is 18.2 Å². The molecule has 0 fully saturated rings. The Morgan fingerprint density at radius 3 is 2.62 bits per heavy atom. The second-order valence-corrected chi connectivity index (χ2v) is 2.86. The number of benzene rings is 1. The number of halogens is 2. The van der Waals surface area contributed by atoms with E-state index in [9.17, 15) is 13.6 Å². The van der Waals surface area contributed by atoms with Crippen LogP contribution in [0.4, 0.5) is 8.78 Å². The number of methoxy groups -OCH3 is 1. The number of hydrogen-bond donors (Lipinski definition) is 1. The maximum absolute atomic E-state index is 12.6. The lowest BCUT2D eigenvalue weighted by Gasteiger charge is -2.09. The predicted octanol–water partition coefficient (Wildman–Crippen LogP) is 1.99. The van der Waals surface area contributed by atoms with Crippen molar-refractivity contribution in [2.75, 3.05) is 7.11 Å². The molecule has 0 unspecified atom stereocenters. The molecule has 0 radical (unpaired) electrons. The molecule has 0 aliphatic carbocycles. The molecule has 0 aliphatic rings. The SMILES string of the molecule is COC(=O)c1c(C#N)cc(O)cc1C(F)F. The van der Waals surface area contributed by atoms with Crippen LogP contribution in [0.1, 0.15) is 27.9 Å². The lowest BCUT2D eigenvalue weighted by Crippen LogP contribution is -2.09. The molecule has 0 saturated heterocycles. The minimum absolute atomic E-state index is 0.345. The zero-order valence-electron chi connectivity index (χ0n) is 8.20. The standard InChI is InChI=1S/C10H7F2NO3/c1-16-10(15)8-5(4-13)2-6(14)3-7(8)9(11)12/h2-3,9,14H,1H3. The fourth-order valence-corrected chi connectivity index (χ4v) is 1.24. The first-order valence-corrected chi connectivity index (χ1v) is 4.14. The second kappa shape index (κ2) is 4.57. The van der Waals surface area contributed by atoms with E-state index < -0.39 is 29.3 Å². The maximum Gasteiger partial charge on any atom is 0.339 e.